The Kier molecular flexibility index (Phi) is 5.09. The van der Waals surface area contributed by atoms with Gasteiger partial charge in [-0.1, -0.05) is 19.6 Å². The quantitative estimate of drug-likeness (QED) is 0.588. The molecule has 2 nitrogen and oxygen atoms in total. The lowest BCUT2D eigenvalue weighted by Crippen LogP contribution is -2.26. The van der Waals surface area contributed by atoms with Crippen LogP contribution in [0.25, 0.3) is 0 Å². The number of hydrogen-bond donors (Lipinski definition) is 0. The highest BCUT2D eigenvalue weighted by Gasteiger charge is 2.06. The van der Waals surface area contributed by atoms with Crippen molar-refractivity contribution in [3.63, 3.8) is 0 Å². The van der Waals surface area contributed by atoms with Gasteiger partial charge in [-0.2, -0.15) is 0 Å². The molecular formula is C10H17NO. The molecule has 0 radical (unpaired) electrons. The molecule has 0 aromatic carbocycles. The zero-order chi connectivity index (χ0) is 9.56. The van der Waals surface area contributed by atoms with Crippen LogP contribution in [0.5, 0.6) is 0 Å². The average molecular weight is 167 g/mol. The minimum atomic E-state index is 0.0202. The van der Waals surface area contributed by atoms with E-state index in [4.69, 9.17) is 0 Å². The highest BCUT2D eigenvalue weighted by Crippen LogP contribution is 2.01. The Bertz CT molecular complexity index is 194. The molecule has 12 heavy (non-hydrogen) atoms. The van der Waals surface area contributed by atoms with Crippen LogP contribution in [0, 0.1) is 0 Å². The first-order valence-electron chi connectivity index (χ1n) is 4.27. The summed E-state index contributed by atoms with van der Waals surface area (Å²) in [4.78, 5) is 13.0. The van der Waals surface area contributed by atoms with Gasteiger partial charge in [0.25, 0.3) is 0 Å². The van der Waals surface area contributed by atoms with E-state index < -0.39 is 0 Å². The van der Waals surface area contributed by atoms with Crippen LogP contribution in [0.15, 0.2) is 24.4 Å². The van der Waals surface area contributed by atoms with Crippen molar-refractivity contribution >= 4 is 5.91 Å². The SMILES string of the molecule is C=C(C)N(CC)C(=O)C=CCC. The number of nitrogens with zero attached hydrogens (tertiary/aromatic N) is 1. The molecule has 0 saturated carbocycles. The van der Waals surface area contributed by atoms with Crippen molar-refractivity contribution in [1.82, 2.24) is 4.90 Å². The predicted molar refractivity (Wildman–Crippen MR) is 51.6 cm³/mol. The highest BCUT2D eigenvalue weighted by molar-refractivity contribution is 5.88. The first-order chi connectivity index (χ1) is 5.63. The maximum atomic E-state index is 11.4. The highest BCUT2D eigenvalue weighted by atomic mass is 16.2. The molecule has 0 spiro atoms. The third-order valence-electron chi connectivity index (χ3n) is 1.54. The van der Waals surface area contributed by atoms with Crippen LogP contribution in [-0.2, 0) is 4.79 Å². The molecule has 0 saturated heterocycles. The number of likely N-dealkylation sites (N-methyl/N-ethyl adjacent to an activating group) is 1. The molecule has 68 valence electrons. The van der Waals surface area contributed by atoms with E-state index in [1.165, 1.54) is 0 Å². The monoisotopic (exact) mass is 167 g/mol. The van der Waals surface area contributed by atoms with Crippen LogP contribution in [0.4, 0.5) is 0 Å². The fraction of sp³-hybridized carbons (Fsp3) is 0.500. The Morgan fingerprint density at radius 3 is 2.42 bits per heavy atom. The summed E-state index contributed by atoms with van der Waals surface area (Å²) >= 11 is 0. The van der Waals surface area contributed by atoms with Crippen molar-refractivity contribution < 1.29 is 4.79 Å². The van der Waals surface area contributed by atoms with E-state index in [0.717, 1.165) is 12.1 Å². The molecule has 0 aliphatic carbocycles. The lowest BCUT2D eigenvalue weighted by molar-refractivity contribution is -0.124. The predicted octanol–water partition coefficient (Wildman–Crippen LogP) is 2.33. The van der Waals surface area contributed by atoms with Gasteiger partial charge in [0.2, 0.25) is 5.91 Å². The van der Waals surface area contributed by atoms with Crippen molar-refractivity contribution in [3.05, 3.63) is 24.4 Å². The molecule has 0 aliphatic rings. The molecule has 0 fully saturated rings. The molecule has 0 unspecified atom stereocenters. The van der Waals surface area contributed by atoms with Crippen LogP contribution in [0.3, 0.4) is 0 Å². The molecular weight excluding hydrogens is 150 g/mol. The standard InChI is InChI=1S/C10H17NO/c1-5-7-8-10(12)11(6-2)9(3)4/h7-8H,3,5-6H2,1-2,4H3. The van der Waals surface area contributed by atoms with E-state index in [1.54, 1.807) is 11.0 Å². The molecule has 0 bridgehead atoms. The summed E-state index contributed by atoms with van der Waals surface area (Å²) in [7, 11) is 0. The van der Waals surface area contributed by atoms with Gasteiger partial charge < -0.3 is 4.90 Å². The summed E-state index contributed by atoms with van der Waals surface area (Å²) in [5.74, 6) is 0.0202. The molecule has 2 heteroatoms. The Balaban J connectivity index is 4.22. The maximum absolute atomic E-state index is 11.4. The molecule has 0 aromatic heterocycles. The molecule has 0 N–H and O–H groups in total. The summed E-state index contributed by atoms with van der Waals surface area (Å²) in [5.41, 5.74) is 0.795. The number of amides is 1. The smallest absolute Gasteiger partial charge is 0.250 e. The van der Waals surface area contributed by atoms with Gasteiger partial charge >= 0.3 is 0 Å². The number of carbonyl (C=O) groups excluding carboxylic acids is 1. The summed E-state index contributed by atoms with van der Waals surface area (Å²) in [6.45, 7) is 10.2. The van der Waals surface area contributed by atoms with Gasteiger partial charge in [-0.25, -0.2) is 0 Å². The van der Waals surface area contributed by atoms with Crippen LogP contribution in [0.2, 0.25) is 0 Å². The second-order valence-corrected chi connectivity index (χ2v) is 2.63. The van der Waals surface area contributed by atoms with Gasteiger partial charge in [0.1, 0.15) is 0 Å². The first kappa shape index (κ1) is 11.0. The van der Waals surface area contributed by atoms with Crippen LogP contribution >= 0.6 is 0 Å². The first-order valence-corrected chi connectivity index (χ1v) is 4.27. The number of hydrogen-bond acceptors (Lipinski definition) is 1. The fourth-order valence-corrected chi connectivity index (χ4v) is 0.923. The molecule has 1 amide bonds. The number of carbonyl (C=O) groups is 1. The van der Waals surface area contributed by atoms with Crippen LogP contribution in [-0.4, -0.2) is 17.4 Å². The Morgan fingerprint density at radius 2 is 2.08 bits per heavy atom. The van der Waals surface area contributed by atoms with E-state index in [1.807, 2.05) is 26.8 Å². The van der Waals surface area contributed by atoms with Crippen molar-refractivity contribution in [2.45, 2.75) is 27.2 Å². The second-order valence-electron chi connectivity index (χ2n) is 2.63. The van der Waals surface area contributed by atoms with Gasteiger partial charge in [-0.3, -0.25) is 4.79 Å². The Hall–Kier alpha value is -1.05. The molecule has 0 heterocycles. The summed E-state index contributed by atoms with van der Waals surface area (Å²) in [5, 5.41) is 0. The van der Waals surface area contributed by atoms with Crippen molar-refractivity contribution in [3.8, 4) is 0 Å². The third-order valence-corrected chi connectivity index (χ3v) is 1.54. The maximum Gasteiger partial charge on any atom is 0.250 e. The van der Waals surface area contributed by atoms with Gasteiger partial charge in [0.05, 0.1) is 0 Å². The van der Waals surface area contributed by atoms with Crippen molar-refractivity contribution in [2.24, 2.45) is 0 Å². The van der Waals surface area contributed by atoms with Gasteiger partial charge in [0, 0.05) is 12.2 Å². The van der Waals surface area contributed by atoms with Crippen LogP contribution < -0.4 is 0 Å². The molecule has 0 aromatic rings. The summed E-state index contributed by atoms with van der Waals surface area (Å²) < 4.78 is 0. The van der Waals surface area contributed by atoms with Crippen molar-refractivity contribution in [1.29, 1.82) is 0 Å². The molecule has 0 rings (SSSR count). The minimum absolute atomic E-state index is 0.0202. The van der Waals surface area contributed by atoms with Crippen molar-refractivity contribution in [2.75, 3.05) is 6.54 Å². The Morgan fingerprint density at radius 1 is 1.50 bits per heavy atom. The zero-order valence-electron chi connectivity index (χ0n) is 8.13. The Labute approximate surface area is 74.6 Å². The van der Waals surface area contributed by atoms with E-state index in [-0.39, 0.29) is 5.91 Å². The number of rotatable bonds is 4. The lowest BCUT2D eigenvalue weighted by Gasteiger charge is -2.18. The summed E-state index contributed by atoms with van der Waals surface area (Å²) in [6, 6.07) is 0. The second kappa shape index (κ2) is 5.58. The van der Waals surface area contributed by atoms with E-state index in [0.29, 0.717) is 6.54 Å². The van der Waals surface area contributed by atoms with Gasteiger partial charge in [-0.15, -0.1) is 0 Å². The average Bonchev–Trinajstić information content (AvgIpc) is 2.01. The van der Waals surface area contributed by atoms with Crippen LogP contribution in [0.1, 0.15) is 27.2 Å². The molecule has 0 aliphatic heterocycles. The normalized spacial score (nSPS) is 10.2. The summed E-state index contributed by atoms with van der Waals surface area (Å²) in [6.07, 6.45) is 4.34. The van der Waals surface area contributed by atoms with E-state index in [9.17, 15) is 4.79 Å². The van der Waals surface area contributed by atoms with Gasteiger partial charge in [0.15, 0.2) is 0 Å². The zero-order valence-corrected chi connectivity index (χ0v) is 8.13. The molecule has 0 atom stereocenters. The van der Waals surface area contributed by atoms with E-state index >= 15 is 0 Å². The van der Waals surface area contributed by atoms with E-state index in [2.05, 4.69) is 6.58 Å². The minimum Gasteiger partial charge on any atom is -0.314 e. The topological polar surface area (TPSA) is 20.3 Å². The lowest BCUT2D eigenvalue weighted by atomic mass is 10.3. The fourth-order valence-electron chi connectivity index (χ4n) is 0.923. The largest absolute Gasteiger partial charge is 0.314 e. The third kappa shape index (κ3) is 3.37. The van der Waals surface area contributed by atoms with Gasteiger partial charge in [-0.05, 0) is 26.3 Å². The number of allylic oxidation sites excluding steroid dienone is 2.